The van der Waals surface area contributed by atoms with Crippen LogP contribution in [0, 0.1) is 5.92 Å². The maximum atomic E-state index is 11.4. The Balaban J connectivity index is 1.71. The Bertz CT molecular complexity index is 266. The highest BCUT2D eigenvalue weighted by molar-refractivity contribution is 5.73. The van der Waals surface area contributed by atoms with Crippen LogP contribution in [0.2, 0.25) is 0 Å². The van der Waals surface area contributed by atoms with Crippen molar-refractivity contribution in [2.24, 2.45) is 5.92 Å². The molecule has 3 nitrogen and oxygen atoms in total. The van der Waals surface area contributed by atoms with Gasteiger partial charge < -0.3 is 9.80 Å². The van der Waals surface area contributed by atoms with Crippen LogP contribution in [0.5, 0.6) is 0 Å². The van der Waals surface area contributed by atoms with E-state index in [9.17, 15) is 4.79 Å². The zero-order chi connectivity index (χ0) is 13.0. The van der Waals surface area contributed by atoms with E-state index in [2.05, 4.69) is 4.90 Å². The van der Waals surface area contributed by atoms with Gasteiger partial charge in [-0.15, -0.1) is 0 Å². The van der Waals surface area contributed by atoms with E-state index in [1.165, 1.54) is 51.7 Å². The van der Waals surface area contributed by atoms with Crippen molar-refractivity contribution in [3.8, 4) is 0 Å². The van der Waals surface area contributed by atoms with Crippen molar-refractivity contribution in [1.29, 1.82) is 0 Å². The zero-order valence-electron chi connectivity index (χ0n) is 12.0. The molecular formula is C15H28N2O. The van der Waals surface area contributed by atoms with Crippen LogP contribution >= 0.6 is 0 Å². The summed E-state index contributed by atoms with van der Waals surface area (Å²) in [6.45, 7) is 5.34. The molecule has 1 aliphatic heterocycles. The minimum Gasteiger partial charge on any atom is -0.343 e. The molecule has 0 aromatic heterocycles. The van der Waals surface area contributed by atoms with Gasteiger partial charge in [-0.1, -0.05) is 19.3 Å². The summed E-state index contributed by atoms with van der Waals surface area (Å²) >= 11 is 0. The first-order chi connectivity index (χ1) is 8.66. The lowest BCUT2D eigenvalue weighted by atomic mass is 9.88. The number of nitrogens with zero attached hydrogens (tertiary/aromatic N) is 2. The average Bonchev–Trinajstić information content (AvgIpc) is 2.40. The van der Waals surface area contributed by atoms with Gasteiger partial charge in [0.1, 0.15) is 0 Å². The van der Waals surface area contributed by atoms with Crippen LogP contribution in [0.25, 0.3) is 0 Å². The highest BCUT2D eigenvalue weighted by Crippen LogP contribution is 2.26. The molecule has 0 bridgehead atoms. The molecule has 2 aliphatic rings. The van der Waals surface area contributed by atoms with Crippen molar-refractivity contribution in [2.75, 3.05) is 26.7 Å². The number of hydrogen-bond acceptors (Lipinski definition) is 2. The van der Waals surface area contributed by atoms with Gasteiger partial charge in [0, 0.05) is 39.6 Å². The summed E-state index contributed by atoms with van der Waals surface area (Å²) in [6, 6.07) is 0.477. The van der Waals surface area contributed by atoms with E-state index in [0.717, 1.165) is 18.8 Å². The highest BCUT2D eigenvalue weighted by Gasteiger charge is 2.25. The number of piperidine rings is 1. The molecule has 0 unspecified atom stereocenters. The largest absolute Gasteiger partial charge is 0.343 e. The summed E-state index contributed by atoms with van der Waals surface area (Å²) < 4.78 is 0. The van der Waals surface area contributed by atoms with Gasteiger partial charge in [-0.3, -0.25) is 4.79 Å². The fraction of sp³-hybridized carbons (Fsp3) is 0.933. The third-order valence-corrected chi connectivity index (χ3v) is 4.84. The fourth-order valence-electron chi connectivity index (χ4n) is 3.48. The summed E-state index contributed by atoms with van der Waals surface area (Å²) in [6.07, 6.45) is 9.51. The molecule has 1 heterocycles. The van der Waals surface area contributed by atoms with Crippen LogP contribution in [-0.4, -0.2) is 48.4 Å². The molecule has 0 N–H and O–H groups in total. The van der Waals surface area contributed by atoms with Gasteiger partial charge in [0.05, 0.1) is 0 Å². The fourth-order valence-corrected chi connectivity index (χ4v) is 3.48. The van der Waals surface area contributed by atoms with E-state index in [1.807, 2.05) is 11.9 Å². The summed E-state index contributed by atoms with van der Waals surface area (Å²) in [5, 5.41) is 0. The topological polar surface area (TPSA) is 23.6 Å². The number of rotatable bonds is 3. The normalized spacial score (nSPS) is 24.1. The van der Waals surface area contributed by atoms with Crippen LogP contribution < -0.4 is 0 Å². The van der Waals surface area contributed by atoms with Crippen LogP contribution in [0.3, 0.4) is 0 Å². The molecule has 1 amide bonds. The highest BCUT2D eigenvalue weighted by atomic mass is 16.2. The lowest BCUT2D eigenvalue weighted by molar-refractivity contribution is -0.130. The molecule has 18 heavy (non-hydrogen) atoms. The Morgan fingerprint density at radius 2 is 1.72 bits per heavy atom. The van der Waals surface area contributed by atoms with E-state index < -0.39 is 0 Å². The number of carbonyl (C=O) groups excluding carboxylic acids is 1. The molecule has 0 spiro atoms. The van der Waals surface area contributed by atoms with Gasteiger partial charge >= 0.3 is 0 Å². The molecule has 2 rings (SSSR count). The smallest absolute Gasteiger partial charge is 0.219 e. The minimum atomic E-state index is 0.209. The average molecular weight is 252 g/mol. The van der Waals surface area contributed by atoms with Crippen molar-refractivity contribution < 1.29 is 4.79 Å². The number of amides is 1. The van der Waals surface area contributed by atoms with E-state index in [-0.39, 0.29) is 5.91 Å². The molecule has 1 aliphatic carbocycles. The Labute approximate surface area is 112 Å². The van der Waals surface area contributed by atoms with Crippen LogP contribution in [0.15, 0.2) is 0 Å². The third kappa shape index (κ3) is 3.71. The van der Waals surface area contributed by atoms with Gasteiger partial charge in [0.2, 0.25) is 5.91 Å². The van der Waals surface area contributed by atoms with E-state index in [1.54, 1.807) is 6.92 Å². The Morgan fingerprint density at radius 3 is 2.28 bits per heavy atom. The Hall–Kier alpha value is -0.570. The number of hydrogen-bond donors (Lipinski definition) is 0. The first-order valence-electron chi connectivity index (χ1n) is 7.62. The molecule has 1 saturated heterocycles. The number of carbonyl (C=O) groups is 1. The van der Waals surface area contributed by atoms with Crippen molar-refractivity contribution in [3.63, 3.8) is 0 Å². The predicted molar refractivity (Wildman–Crippen MR) is 74.5 cm³/mol. The molecule has 104 valence electrons. The monoisotopic (exact) mass is 252 g/mol. The van der Waals surface area contributed by atoms with Crippen LogP contribution in [0.1, 0.15) is 51.9 Å². The van der Waals surface area contributed by atoms with Crippen LogP contribution in [0.4, 0.5) is 0 Å². The molecule has 0 aromatic carbocycles. The van der Waals surface area contributed by atoms with E-state index in [4.69, 9.17) is 0 Å². The molecular weight excluding hydrogens is 224 g/mol. The minimum absolute atomic E-state index is 0.209. The molecule has 1 saturated carbocycles. The Kier molecular flexibility index (Phi) is 5.04. The SMILES string of the molecule is CC(=O)N(C)C1CCN(CC2CCCCC2)CC1. The van der Waals surface area contributed by atoms with E-state index >= 15 is 0 Å². The quantitative estimate of drug-likeness (QED) is 0.770. The zero-order valence-corrected chi connectivity index (χ0v) is 12.0. The molecule has 0 atom stereocenters. The number of likely N-dealkylation sites (tertiary alicyclic amines) is 1. The van der Waals surface area contributed by atoms with Gasteiger partial charge in [-0.2, -0.15) is 0 Å². The lowest BCUT2D eigenvalue weighted by Crippen LogP contribution is -2.46. The predicted octanol–water partition coefficient (Wildman–Crippen LogP) is 2.51. The second kappa shape index (κ2) is 6.55. The Morgan fingerprint density at radius 1 is 1.11 bits per heavy atom. The van der Waals surface area contributed by atoms with Crippen molar-refractivity contribution in [1.82, 2.24) is 9.80 Å². The lowest BCUT2D eigenvalue weighted by Gasteiger charge is -2.38. The van der Waals surface area contributed by atoms with E-state index in [0.29, 0.717) is 6.04 Å². The maximum absolute atomic E-state index is 11.4. The third-order valence-electron chi connectivity index (χ3n) is 4.84. The van der Waals surface area contributed by atoms with Crippen molar-refractivity contribution in [3.05, 3.63) is 0 Å². The van der Waals surface area contributed by atoms with Crippen LogP contribution in [-0.2, 0) is 4.79 Å². The second-order valence-corrected chi connectivity index (χ2v) is 6.17. The first-order valence-corrected chi connectivity index (χ1v) is 7.62. The first kappa shape index (κ1) is 13.9. The standard InChI is InChI=1S/C15H28N2O/c1-13(18)16(2)15-8-10-17(11-9-15)12-14-6-4-3-5-7-14/h14-15H,3-12H2,1-2H3. The van der Waals surface area contributed by atoms with Crippen molar-refractivity contribution in [2.45, 2.75) is 57.9 Å². The molecule has 0 radical (unpaired) electrons. The molecule has 3 heteroatoms. The maximum Gasteiger partial charge on any atom is 0.219 e. The van der Waals surface area contributed by atoms with Gasteiger partial charge in [-0.25, -0.2) is 0 Å². The summed E-state index contributed by atoms with van der Waals surface area (Å²) in [4.78, 5) is 15.9. The molecule has 0 aromatic rings. The van der Waals surface area contributed by atoms with Gasteiger partial charge in [0.25, 0.3) is 0 Å². The summed E-state index contributed by atoms with van der Waals surface area (Å²) in [5.74, 6) is 1.15. The summed E-state index contributed by atoms with van der Waals surface area (Å²) in [5.41, 5.74) is 0. The van der Waals surface area contributed by atoms with Crippen molar-refractivity contribution >= 4 is 5.91 Å². The second-order valence-electron chi connectivity index (χ2n) is 6.17. The molecule has 2 fully saturated rings. The van der Waals surface area contributed by atoms with Gasteiger partial charge in [-0.05, 0) is 31.6 Å². The summed E-state index contributed by atoms with van der Waals surface area (Å²) in [7, 11) is 1.95. The van der Waals surface area contributed by atoms with Gasteiger partial charge in [0.15, 0.2) is 0 Å².